The second kappa shape index (κ2) is 7.90. The summed E-state index contributed by atoms with van der Waals surface area (Å²) in [6.45, 7) is 4.18. The van der Waals surface area contributed by atoms with Crippen molar-refractivity contribution in [3.63, 3.8) is 0 Å². The van der Waals surface area contributed by atoms with Gasteiger partial charge in [-0.25, -0.2) is 4.98 Å². The van der Waals surface area contributed by atoms with Gasteiger partial charge in [-0.1, -0.05) is 11.2 Å². The van der Waals surface area contributed by atoms with Crippen molar-refractivity contribution in [2.45, 2.75) is 26.9 Å². The van der Waals surface area contributed by atoms with E-state index in [1.807, 2.05) is 19.1 Å². The summed E-state index contributed by atoms with van der Waals surface area (Å²) in [6, 6.07) is 5.42. The number of aromatic nitrogens is 3. The number of aryl methyl sites for hydroxylation is 1. The van der Waals surface area contributed by atoms with Crippen molar-refractivity contribution in [1.29, 1.82) is 0 Å². The van der Waals surface area contributed by atoms with Crippen LogP contribution in [-0.2, 0) is 17.9 Å². The normalized spacial score (nSPS) is 10.8. The predicted octanol–water partition coefficient (Wildman–Crippen LogP) is 1.42. The molecule has 3 rings (SSSR count). The summed E-state index contributed by atoms with van der Waals surface area (Å²) >= 11 is 0. The summed E-state index contributed by atoms with van der Waals surface area (Å²) in [4.78, 5) is 28.7. The molecule has 0 bridgehead atoms. The first-order chi connectivity index (χ1) is 13.0. The Balaban J connectivity index is 1.68. The Labute approximate surface area is 154 Å². The minimum Gasteiger partial charge on any atom is -0.493 e. The van der Waals surface area contributed by atoms with E-state index in [1.54, 1.807) is 20.1 Å². The van der Waals surface area contributed by atoms with Crippen LogP contribution in [-0.4, -0.2) is 34.3 Å². The number of ether oxygens (including phenoxy) is 2. The number of rotatable bonds is 7. The number of hydrogen-bond donors (Lipinski definition) is 1. The topological polar surface area (TPSA) is 108 Å². The molecule has 0 atom stereocenters. The average Bonchev–Trinajstić information content (AvgIpc) is 3.04. The van der Waals surface area contributed by atoms with Crippen LogP contribution in [0.1, 0.15) is 18.2 Å². The minimum atomic E-state index is -0.364. The van der Waals surface area contributed by atoms with Gasteiger partial charge in [0.25, 0.3) is 11.3 Å². The average molecular weight is 372 g/mol. The van der Waals surface area contributed by atoms with Crippen LogP contribution >= 0.6 is 0 Å². The van der Waals surface area contributed by atoms with E-state index in [-0.39, 0.29) is 29.1 Å². The smallest absolute Gasteiger partial charge is 0.267 e. The maximum atomic E-state index is 12.4. The van der Waals surface area contributed by atoms with Gasteiger partial charge in [0, 0.05) is 6.54 Å². The lowest BCUT2D eigenvalue weighted by atomic mass is 10.2. The zero-order valence-corrected chi connectivity index (χ0v) is 15.3. The predicted molar refractivity (Wildman–Crippen MR) is 96.8 cm³/mol. The largest absolute Gasteiger partial charge is 0.493 e. The molecule has 142 valence electrons. The third-order valence-electron chi connectivity index (χ3n) is 3.97. The summed E-state index contributed by atoms with van der Waals surface area (Å²) in [5, 5.41) is 6.77. The molecule has 2 heterocycles. The Morgan fingerprint density at radius 3 is 2.89 bits per heavy atom. The molecule has 0 radical (unpaired) electrons. The quantitative estimate of drug-likeness (QED) is 0.668. The zero-order valence-electron chi connectivity index (χ0n) is 15.3. The van der Waals surface area contributed by atoms with Crippen molar-refractivity contribution in [3.8, 4) is 11.5 Å². The highest BCUT2D eigenvalue weighted by atomic mass is 16.5. The van der Waals surface area contributed by atoms with Crippen LogP contribution in [0.4, 0.5) is 0 Å². The maximum Gasteiger partial charge on any atom is 0.267 e. The highest BCUT2D eigenvalue weighted by Crippen LogP contribution is 2.27. The molecule has 0 saturated carbocycles. The van der Waals surface area contributed by atoms with Crippen molar-refractivity contribution in [2.75, 3.05) is 13.7 Å². The van der Waals surface area contributed by atoms with E-state index in [9.17, 15) is 9.59 Å². The molecule has 1 N–H and O–H groups in total. The summed E-state index contributed by atoms with van der Waals surface area (Å²) < 4.78 is 16.9. The Morgan fingerprint density at radius 2 is 2.15 bits per heavy atom. The van der Waals surface area contributed by atoms with Gasteiger partial charge in [0.15, 0.2) is 11.5 Å². The van der Waals surface area contributed by atoms with Gasteiger partial charge >= 0.3 is 0 Å². The summed E-state index contributed by atoms with van der Waals surface area (Å²) in [6.07, 6.45) is 1.27. The molecule has 1 aromatic carbocycles. The molecule has 9 heteroatoms. The van der Waals surface area contributed by atoms with Gasteiger partial charge in [-0.3, -0.25) is 14.2 Å². The standard InChI is InChI=1S/C18H20N4O5/c1-4-26-14-7-12(5-6-13(14)25-3)8-19-15(23)9-22-10-20-17-16(18(22)24)11(2)21-27-17/h5-7,10H,4,8-9H2,1-3H3,(H,19,23). The van der Waals surface area contributed by atoms with E-state index in [4.69, 9.17) is 14.0 Å². The molecule has 0 unspecified atom stereocenters. The van der Waals surface area contributed by atoms with Crippen LogP contribution in [0.3, 0.4) is 0 Å². The van der Waals surface area contributed by atoms with Gasteiger partial charge in [-0.05, 0) is 31.5 Å². The summed E-state index contributed by atoms with van der Waals surface area (Å²) in [5.74, 6) is 0.920. The molecule has 1 amide bonds. The SMILES string of the molecule is CCOc1cc(CNC(=O)Cn2cnc3onc(C)c3c2=O)ccc1OC. The highest BCUT2D eigenvalue weighted by Gasteiger charge is 2.14. The fraction of sp³-hybridized carbons (Fsp3) is 0.333. The van der Waals surface area contributed by atoms with E-state index in [0.29, 0.717) is 30.3 Å². The van der Waals surface area contributed by atoms with Crippen molar-refractivity contribution >= 4 is 17.0 Å². The number of hydrogen-bond acceptors (Lipinski definition) is 7. The number of carbonyl (C=O) groups is 1. The third kappa shape index (κ3) is 3.91. The first-order valence-corrected chi connectivity index (χ1v) is 8.41. The van der Waals surface area contributed by atoms with Crippen molar-refractivity contribution < 1.29 is 18.8 Å². The van der Waals surface area contributed by atoms with E-state index in [2.05, 4.69) is 15.5 Å². The molecular weight excluding hydrogens is 352 g/mol. The fourth-order valence-electron chi connectivity index (χ4n) is 2.63. The Kier molecular flexibility index (Phi) is 5.39. The van der Waals surface area contributed by atoms with Gasteiger partial charge in [-0.2, -0.15) is 0 Å². The van der Waals surface area contributed by atoms with E-state index in [0.717, 1.165) is 5.56 Å². The van der Waals surface area contributed by atoms with Crippen molar-refractivity contribution in [2.24, 2.45) is 0 Å². The maximum absolute atomic E-state index is 12.4. The first kappa shape index (κ1) is 18.4. The van der Waals surface area contributed by atoms with Crippen LogP contribution in [0, 0.1) is 6.92 Å². The molecule has 0 aliphatic carbocycles. The van der Waals surface area contributed by atoms with E-state index >= 15 is 0 Å². The van der Waals surface area contributed by atoms with Gasteiger partial charge in [0.2, 0.25) is 5.91 Å². The lowest BCUT2D eigenvalue weighted by Gasteiger charge is -2.12. The van der Waals surface area contributed by atoms with Gasteiger partial charge in [0.1, 0.15) is 18.3 Å². The van der Waals surface area contributed by atoms with Crippen molar-refractivity contribution in [3.05, 3.63) is 46.1 Å². The Bertz CT molecular complexity index is 1020. The molecule has 27 heavy (non-hydrogen) atoms. The molecule has 9 nitrogen and oxygen atoms in total. The fourth-order valence-corrected chi connectivity index (χ4v) is 2.63. The number of nitrogens with one attached hydrogen (secondary N) is 1. The Hall–Kier alpha value is -3.36. The summed E-state index contributed by atoms with van der Waals surface area (Å²) in [5.41, 5.74) is 1.09. The van der Waals surface area contributed by atoms with Crippen LogP contribution < -0.4 is 20.3 Å². The zero-order chi connectivity index (χ0) is 19.4. The molecule has 3 aromatic rings. The van der Waals surface area contributed by atoms with Gasteiger partial charge < -0.3 is 19.3 Å². The van der Waals surface area contributed by atoms with Crippen LogP contribution in [0.2, 0.25) is 0 Å². The lowest BCUT2D eigenvalue weighted by molar-refractivity contribution is -0.121. The lowest BCUT2D eigenvalue weighted by Crippen LogP contribution is -2.32. The van der Waals surface area contributed by atoms with Gasteiger partial charge in [0.05, 0.1) is 19.4 Å². The summed E-state index contributed by atoms with van der Waals surface area (Å²) in [7, 11) is 1.57. The monoisotopic (exact) mass is 372 g/mol. The highest BCUT2D eigenvalue weighted by molar-refractivity contribution is 5.77. The van der Waals surface area contributed by atoms with Crippen LogP contribution in [0.5, 0.6) is 11.5 Å². The van der Waals surface area contributed by atoms with Crippen LogP contribution in [0.15, 0.2) is 33.8 Å². The van der Waals surface area contributed by atoms with E-state index < -0.39 is 0 Å². The molecule has 0 saturated heterocycles. The number of benzene rings is 1. The number of methoxy groups -OCH3 is 1. The molecular formula is C18H20N4O5. The van der Waals surface area contributed by atoms with Gasteiger partial charge in [-0.15, -0.1) is 0 Å². The second-order valence-electron chi connectivity index (χ2n) is 5.82. The minimum absolute atomic E-state index is 0.152. The number of carbonyl (C=O) groups excluding carboxylic acids is 1. The molecule has 0 aliphatic rings. The number of amides is 1. The first-order valence-electron chi connectivity index (χ1n) is 8.41. The third-order valence-corrected chi connectivity index (χ3v) is 3.97. The molecule has 0 spiro atoms. The number of fused-ring (bicyclic) bond motifs is 1. The number of nitrogens with zero attached hydrogens (tertiary/aromatic N) is 3. The molecule has 2 aromatic heterocycles. The Morgan fingerprint density at radius 1 is 1.33 bits per heavy atom. The van der Waals surface area contributed by atoms with Crippen LogP contribution in [0.25, 0.3) is 11.1 Å². The second-order valence-corrected chi connectivity index (χ2v) is 5.82. The van der Waals surface area contributed by atoms with Crippen molar-refractivity contribution in [1.82, 2.24) is 20.0 Å². The molecule has 0 fully saturated rings. The van der Waals surface area contributed by atoms with E-state index in [1.165, 1.54) is 10.9 Å². The molecule has 0 aliphatic heterocycles.